The van der Waals surface area contributed by atoms with Crippen LogP contribution in [0.25, 0.3) is 11.0 Å². The quantitative estimate of drug-likeness (QED) is 0.430. The lowest BCUT2D eigenvalue weighted by Crippen LogP contribution is -2.14. The first kappa shape index (κ1) is 24.8. The van der Waals surface area contributed by atoms with Crippen LogP contribution in [0.4, 0.5) is 19.0 Å². The number of benzene rings is 2. The molecule has 0 fully saturated rings. The number of fused-ring (bicyclic) bond motifs is 1. The SMILES string of the molecule is COc1ccc(Cl)cc1C(=O)Nc1cnccn1.COc1ccc2c(c1)nc(C(F)(F)F)n2C. The summed E-state index contributed by atoms with van der Waals surface area (Å²) in [6.45, 7) is 0. The fourth-order valence-corrected chi connectivity index (χ4v) is 3.14. The van der Waals surface area contributed by atoms with Crippen molar-refractivity contribution in [3.63, 3.8) is 0 Å². The number of nitrogens with zero attached hydrogens (tertiary/aromatic N) is 4. The Hall–Kier alpha value is -3.86. The molecule has 1 N–H and O–H groups in total. The van der Waals surface area contributed by atoms with E-state index in [2.05, 4.69) is 20.3 Å². The third-order valence-electron chi connectivity index (χ3n) is 4.55. The number of nitrogens with one attached hydrogen (secondary N) is 1. The topological polar surface area (TPSA) is 91.2 Å². The predicted molar refractivity (Wildman–Crippen MR) is 120 cm³/mol. The average Bonchev–Trinajstić information content (AvgIpc) is 3.16. The molecule has 0 aliphatic carbocycles. The average molecular weight is 494 g/mol. The van der Waals surface area contributed by atoms with Crippen molar-refractivity contribution in [1.82, 2.24) is 19.5 Å². The van der Waals surface area contributed by atoms with Crippen LogP contribution in [0.1, 0.15) is 16.2 Å². The van der Waals surface area contributed by atoms with Crippen LogP contribution < -0.4 is 14.8 Å². The van der Waals surface area contributed by atoms with Crippen LogP contribution in [-0.2, 0) is 13.2 Å². The third-order valence-corrected chi connectivity index (χ3v) is 4.79. The maximum atomic E-state index is 12.6. The van der Waals surface area contributed by atoms with Gasteiger partial charge in [0.1, 0.15) is 11.5 Å². The number of alkyl halides is 3. The number of imidazole rings is 1. The normalized spacial score (nSPS) is 10.9. The van der Waals surface area contributed by atoms with E-state index in [0.29, 0.717) is 33.4 Å². The molecule has 0 saturated carbocycles. The number of carbonyl (C=O) groups is 1. The molecule has 178 valence electrons. The number of hydrogen-bond donors (Lipinski definition) is 1. The maximum Gasteiger partial charge on any atom is 0.449 e. The standard InChI is InChI=1S/C12H10ClN3O2.C10H9F3N2O/c1-18-10-3-2-8(13)6-9(10)12(17)16-11-7-14-4-5-15-11;1-15-8-4-3-6(16-2)5-7(8)14-9(15)10(11,12)13/h2-7H,1H3,(H,15,16,17);3-5H,1-2H3. The molecule has 12 heteroatoms. The number of aromatic nitrogens is 4. The number of hydrogen-bond acceptors (Lipinski definition) is 6. The van der Waals surface area contributed by atoms with Crippen molar-refractivity contribution < 1.29 is 27.4 Å². The van der Waals surface area contributed by atoms with Crippen molar-refractivity contribution in [2.45, 2.75) is 6.18 Å². The van der Waals surface area contributed by atoms with Gasteiger partial charge in [0.05, 0.1) is 37.0 Å². The minimum Gasteiger partial charge on any atom is -0.497 e. The highest BCUT2D eigenvalue weighted by Crippen LogP contribution is 2.31. The van der Waals surface area contributed by atoms with Gasteiger partial charge in [0, 0.05) is 30.5 Å². The van der Waals surface area contributed by atoms with Gasteiger partial charge in [-0.15, -0.1) is 0 Å². The van der Waals surface area contributed by atoms with E-state index >= 15 is 0 Å². The Morgan fingerprint density at radius 3 is 2.47 bits per heavy atom. The fourth-order valence-electron chi connectivity index (χ4n) is 2.97. The highest BCUT2D eigenvalue weighted by molar-refractivity contribution is 6.31. The van der Waals surface area contributed by atoms with E-state index in [1.807, 2.05) is 0 Å². The molecule has 1 amide bonds. The number of halogens is 4. The zero-order chi connectivity index (χ0) is 24.9. The summed E-state index contributed by atoms with van der Waals surface area (Å²) in [5.74, 6) is 0.0373. The van der Waals surface area contributed by atoms with E-state index < -0.39 is 12.0 Å². The Bertz CT molecular complexity index is 1300. The second-order valence-corrected chi connectivity index (χ2v) is 7.17. The zero-order valence-corrected chi connectivity index (χ0v) is 19.0. The van der Waals surface area contributed by atoms with Crippen molar-refractivity contribution in [3.05, 3.63) is 71.4 Å². The summed E-state index contributed by atoms with van der Waals surface area (Å²) in [5.41, 5.74) is 1.04. The largest absolute Gasteiger partial charge is 0.497 e. The number of aryl methyl sites for hydroxylation is 1. The first-order chi connectivity index (χ1) is 16.1. The number of amides is 1. The maximum absolute atomic E-state index is 12.6. The molecule has 0 radical (unpaired) electrons. The van der Waals surface area contributed by atoms with Gasteiger partial charge >= 0.3 is 6.18 Å². The Kier molecular flexibility index (Phi) is 7.57. The van der Waals surface area contributed by atoms with Crippen molar-refractivity contribution in [1.29, 1.82) is 0 Å². The number of methoxy groups -OCH3 is 2. The second-order valence-electron chi connectivity index (χ2n) is 6.74. The summed E-state index contributed by atoms with van der Waals surface area (Å²) in [5, 5.41) is 3.07. The molecule has 0 atom stereocenters. The molecular weight excluding hydrogens is 475 g/mol. The Labute approximate surface area is 197 Å². The molecule has 0 aliphatic rings. The molecule has 34 heavy (non-hydrogen) atoms. The van der Waals surface area contributed by atoms with E-state index in [-0.39, 0.29) is 11.4 Å². The minimum absolute atomic E-state index is 0.272. The monoisotopic (exact) mass is 493 g/mol. The van der Waals surface area contributed by atoms with E-state index in [9.17, 15) is 18.0 Å². The van der Waals surface area contributed by atoms with Gasteiger partial charge in [-0.1, -0.05) is 11.6 Å². The number of ether oxygens (including phenoxy) is 2. The molecule has 8 nitrogen and oxygen atoms in total. The Morgan fingerprint density at radius 1 is 1.09 bits per heavy atom. The van der Waals surface area contributed by atoms with Crippen molar-refractivity contribution in [3.8, 4) is 11.5 Å². The van der Waals surface area contributed by atoms with Gasteiger partial charge in [-0.3, -0.25) is 9.78 Å². The van der Waals surface area contributed by atoms with E-state index in [1.54, 1.807) is 24.3 Å². The van der Waals surface area contributed by atoms with Gasteiger partial charge in [-0.05, 0) is 30.3 Å². The molecular formula is C22H19ClF3N5O3. The summed E-state index contributed by atoms with van der Waals surface area (Å²) < 4.78 is 48.7. The number of carbonyl (C=O) groups excluding carboxylic acids is 1. The van der Waals surface area contributed by atoms with Gasteiger partial charge in [0.2, 0.25) is 5.82 Å². The van der Waals surface area contributed by atoms with Crippen molar-refractivity contribution >= 4 is 34.4 Å². The van der Waals surface area contributed by atoms with Crippen LogP contribution in [0.15, 0.2) is 55.0 Å². The molecule has 4 rings (SSSR count). The smallest absolute Gasteiger partial charge is 0.449 e. The third kappa shape index (κ3) is 5.73. The molecule has 0 saturated heterocycles. The van der Waals surface area contributed by atoms with Crippen LogP contribution >= 0.6 is 11.6 Å². The number of anilines is 1. The highest BCUT2D eigenvalue weighted by Gasteiger charge is 2.36. The molecule has 2 heterocycles. The van der Waals surface area contributed by atoms with Gasteiger partial charge in [0.25, 0.3) is 5.91 Å². The highest BCUT2D eigenvalue weighted by atomic mass is 35.5. The first-order valence-electron chi connectivity index (χ1n) is 9.62. The van der Waals surface area contributed by atoms with Crippen molar-refractivity contribution in [2.75, 3.05) is 19.5 Å². The Balaban J connectivity index is 0.000000192. The fraction of sp³-hybridized carbons (Fsp3) is 0.182. The van der Waals surface area contributed by atoms with Gasteiger partial charge in [0.15, 0.2) is 5.82 Å². The van der Waals surface area contributed by atoms with Crippen LogP contribution in [-0.4, -0.2) is 39.6 Å². The van der Waals surface area contributed by atoms with Gasteiger partial charge in [-0.25, -0.2) is 9.97 Å². The summed E-state index contributed by atoms with van der Waals surface area (Å²) in [7, 11) is 4.28. The molecule has 2 aromatic carbocycles. The predicted octanol–water partition coefficient (Wildman–Crippen LogP) is 4.99. The molecule has 0 bridgehead atoms. The van der Waals surface area contributed by atoms with Crippen LogP contribution in [0.5, 0.6) is 11.5 Å². The minimum atomic E-state index is -4.44. The lowest BCUT2D eigenvalue weighted by Gasteiger charge is -2.08. The van der Waals surface area contributed by atoms with Crippen LogP contribution in [0.3, 0.4) is 0 Å². The molecule has 4 aromatic rings. The lowest BCUT2D eigenvalue weighted by atomic mass is 10.2. The van der Waals surface area contributed by atoms with Crippen molar-refractivity contribution in [2.24, 2.45) is 7.05 Å². The lowest BCUT2D eigenvalue weighted by molar-refractivity contribution is -0.146. The summed E-state index contributed by atoms with van der Waals surface area (Å²) in [6, 6.07) is 9.45. The molecule has 0 spiro atoms. The molecule has 0 aliphatic heterocycles. The van der Waals surface area contributed by atoms with E-state index in [1.165, 1.54) is 52.0 Å². The second kappa shape index (κ2) is 10.4. The van der Waals surface area contributed by atoms with E-state index in [0.717, 1.165) is 4.57 Å². The zero-order valence-electron chi connectivity index (χ0n) is 18.2. The number of rotatable bonds is 4. The summed E-state index contributed by atoms with van der Waals surface area (Å²) in [4.78, 5) is 23.4. The van der Waals surface area contributed by atoms with Gasteiger partial charge in [-0.2, -0.15) is 13.2 Å². The summed E-state index contributed by atoms with van der Waals surface area (Å²) >= 11 is 5.86. The van der Waals surface area contributed by atoms with Crippen LogP contribution in [0.2, 0.25) is 5.02 Å². The summed E-state index contributed by atoms with van der Waals surface area (Å²) in [6.07, 6.45) is 0.0242. The molecule has 2 aromatic heterocycles. The Morgan fingerprint density at radius 2 is 1.85 bits per heavy atom. The van der Waals surface area contributed by atoms with Gasteiger partial charge < -0.3 is 19.4 Å². The van der Waals surface area contributed by atoms with E-state index in [4.69, 9.17) is 21.1 Å². The first-order valence-corrected chi connectivity index (χ1v) is 10.0. The van der Waals surface area contributed by atoms with Crippen LogP contribution in [0, 0.1) is 0 Å². The molecule has 0 unspecified atom stereocenters.